The van der Waals surface area contributed by atoms with E-state index in [1.165, 1.54) is 5.56 Å². The summed E-state index contributed by atoms with van der Waals surface area (Å²) in [6, 6.07) is 8.80. The van der Waals surface area contributed by atoms with Gasteiger partial charge in [-0.15, -0.1) is 0 Å². The van der Waals surface area contributed by atoms with Crippen LogP contribution in [0.5, 0.6) is 0 Å². The maximum absolute atomic E-state index is 5.97. The fourth-order valence-electron chi connectivity index (χ4n) is 3.16. The first-order valence-electron chi connectivity index (χ1n) is 7.53. The van der Waals surface area contributed by atoms with Crippen molar-refractivity contribution < 1.29 is 9.57 Å². The van der Waals surface area contributed by atoms with E-state index in [1.54, 1.807) is 0 Å². The second-order valence-corrected chi connectivity index (χ2v) is 7.27. The Morgan fingerprint density at radius 2 is 1.85 bits per heavy atom. The van der Waals surface area contributed by atoms with Crippen LogP contribution in [0.25, 0.3) is 0 Å². The molecule has 2 saturated heterocycles. The summed E-state index contributed by atoms with van der Waals surface area (Å²) in [5.74, 6) is 0.471. The van der Waals surface area contributed by atoms with Crippen LogP contribution in [0.3, 0.4) is 0 Å². The summed E-state index contributed by atoms with van der Waals surface area (Å²) < 4.78 is 5.59. The van der Waals surface area contributed by atoms with Gasteiger partial charge in [0, 0.05) is 12.5 Å². The molecule has 1 aromatic rings. The molecule has 20 heavy (non-hydrogen) atoms. The van der Waals surface area contributed by atoms with Crippen LogP contribution in [0.4, 0.5) is 5.69 Å². The Morgan fingerprint density at radius 3 is 2.50 bits per heavy atom. The summed E-state index contributed by atoms with van der Waals surface area (Å²) in [5.41, 5.74) is 2.77. The van der Waals surface area contributed by atoms with Gasteiger partial charge in [0.15, 0.2) is 0 Å². The minimum atomic E-state index is 0.0709. The molecule has 3 heteroatoms. The smallest absolute Gasteiger partial charge is 0.0822 e. The molecule has 2 fully saturated rings. The number of fused-ring (bicyclic) bond motifs is 1. The zero-order valence-corrected chi connectivity index (χ0v) is 13.0. The van der Waals surface area contributed by atoms with Crippen LogP contribution in [0, 0.1) is 5.92 Å². The lowest BCUT2D eigenvalue weighted by Gasteiger charge is -2.40. The Kier molecular flexibility index (Phi) is 3.30. The lowest BCUT2D eigenvalue weighted by Crippen LogP contribution is -2.50. The molecule has 0 unspecified atom stereocenters. The largest absolute Gasteiger partial charge is 0.381 e. The van der Waals surface area contributed by atoms with Gasteiger partial charge in [-0.25, -0.2) is 5.06 Å². The zero-order chi connectivity index (χ0) is 14.4. The van der Waals surface area contributed by atoms with Crippen LogP contribution >= 0.6 is 0 Å². The number of anilines is 1. The van der Waals surface area contributed by atoms with Crippen molar-refractivity contribution in [1.29, 1.82) is 0 Å². The van der Waals surface area contributed by atoms with Gasteiger partial charge < -0.3 is 4.74 Å². The summed E-state index contributed by atoms with van der Waals surface area (Å²) in [5, 5.41) is 2.12. The highest BCUT2D eigenvalue weighted by molar-refractivity contribution is 5.49. The molecule has 0 N–H and O–H groups in total. The van der Waals surface area contributed by atoms with Gasteiger partial charge in [0.05, 0.1) is 24.4 Å². The molecule has 2 aliphatic rings. The molecule has 0 saturated carbocycles. The predicted octanol–water partition coefficient (Wildman–Crippen LogP) is 3.53. The molecule has 0 aliphatic carbocycles. The molecule has 0 amide bonds. The van der Waals surface area contributed by atoms with E-state index in [4.69, 9.17) is 9.57 Å². The van der Waals surface area contributed by atoms with Gasteiger partial charge in [-0.1, -0.05) is 32.9 Å². The molecule has 0 bridgehead atoms. The minimum absolute atomic E-state index is 0.0709. The first kappa shape index (κ1) is 13.9. The maximum atomic E-state index is 5.97. The topological polar surface area (TPSA) is 21.7 Å². The number of hydrogen-bond acceptors (Lipinski definition) is 3. The van der Waals surface area contributed by atoms with Gasteiger partial charge in [0.25, 0.3) is 0 Å². The molecule has 2 atom stereocenters. The second kappa shape index (κ2) is 4.74. The Labute approximate surface area is 121 Å². The highest BCUT2D eigenvalue weighted by atomic mass is 16.7. The molecular formula is C17H25NO2. The molecule has 0 radical (unpaired) electrons. The zero-order valence-electron chi connectivity index (χ0n) is 13.0. The molecular weight excluding hydrogens is 250 g/mol. The number of hydrogen-bond donors (Lipinski definition) is 0. The third-order valence-corrected chi connectivity index (χ3v) is 4.79. The van der Waals surface area contributed by atoms with Crippen molar-refractivity contribution in [2.24, 2.45) is 5.92 Å². The standard InChI is InChI=1S/C17H25NO2/c1-16(2,3)13-5-7-15(8-6-13)18-17(4)9-10-19-11-14(17)12-20-18/h5-8,14H,9-12H2,1-4H3/t14-,17+/m1/s1. The van der Waals surface area contributed by atoms with Gasteiger partial charge >= 0.3 is 0 Å². The maximum Gasteiger partial charge on any atom is 0.0822 e. The van der Waals surface area contributed by atoms with Crippen molar-refractivity contribution in [3.8, 4) is 0 Å². The summed E-state index contributed by atoms with van der Waals surface area (Å²) >= 11 is 0. The van der Waals surface area contributed by atoms with E-state index in [0.717, 1.165) is 31.9 Å². The SMILES string of the molecule is CC(C)(C)c1ccc(N2OC[C@H]3COCC[C@@]32C)cc1. The van der Waals surface area contributed by atoms with Crippen molar-refractivity contribution in [3.05, 3.63) is 29.8 Å². The van der Waals surface area contributed by atoms with Crippen LogP contribution in [0.15, 0.2) is 24.3 Å². The van der Waals surface area contributed by atoms with Crippen LogP contribution in [0.2, 0.25) is 0 Å². The lowest BCUT2D eigenvalue weighted by atomic mass is 9.82. The van der Waals surface area contributed by atoms with Gasteiger partial charge in [0.2, 0.25) is 0 Å². The third-order valence-electron chi connectivity index (χ3n) is 4.79. The van der Waals surface area contributed by atoms with Crippen LogP contribution in [-0.2, 0) is 15.0 Å². The van der Waals surface area contributed by atoms with E-state index in [-0.39, 0.29) is 11.0 Å². The fourth-order valence-corrected chi connectivity index (χ4v) is 3.16. The Balaban J connectivity index is 1.86. The van der Waals surface area contributed by atoms with E-state index in [9.17, 15) is 0 Å². The van der Waals surface area contributed by atoms with Gasteiger partial charge in [-0.05, 0) is 36.5 Å². The molecule has 1 aromatic carbocycles. The second-order valence-electron chi connectivity index (χ2n) is 7.27. The van der Waals surface area contributed by atoms with E-state index < -0.39 is 0 Å². The lowest BCUT2D eigenvalue weighted by molar-refractivity contribution is 0.0253. The van der Waals surface area contributed by atoms with Crippen LogP contribution < -0.4 is 5.06 Å². The number of nitrogens with zero attached hydrogens (tertiary/aromatic N) is 1. The monoisotopic (exact) mass is 275 g/mol. The number of benzene rings is 1. The van der Waals surface area contributed by atoms with Crippen molar-refractivity contribution in [3.63, 3.8) is 0 Å². The fraction of sp³-hybridized carbons (Fsp3) is 0.647. The predicted molar refractivity (Wildman–Crippen MR) is 80.9 cm³/mol. The normalized spacial score (nSPS) is 30.4. The highest BCUT2D eigenvalue weighted by Crippen LogP contribution is 2.41. The van der Waals surface area contributed by atoms with Crippen molar-refractivity contribution >= 4 is 5.69 Å². The molecule has 0 spiro atoms. The van der Waals surface area contributed by atoms with E-state index in [1.807, 2.05) is 0 Å². The number of ether oxygens (including phenoxy) is 1. The van der Waals surface area contributed by atoms with Crippen LogP contribution in [-0.4, -0.2) is 25.4 Å². The molecule has 2 aliphatic heterocycles. The van der Waals surface area contributed by atoms with E-state index >= 15 is 0 Å². The first-order chi connectivity index (χ1) is 9.41. The molecule has 3 rings (SSSR count). The molecule has 0 aromatic heterocycles. The van der Waals surface area contributed by atoms with Crippen molar-refractivity contribution in [1.82, 2.24) is 0 Å². The van der Waals surface area contributed by atoms with Gasteiger partial charge in [-0.2, -0.15) is 0 Å². The van der Waals surface area contributed by atoms with Gasteiger partial charge in [0.1, 0.15) is 0 Å². The van der Waals surface area contributed by atoms with Gasteiger partial charge in [-0.3, -0.25) is 4.84 Å². The summed E-state index contributed by atoms with van der Waals surface area (Å²) in [4.78, 5) is 5.97. The Bertz CT molecular complexity index is 477. The summed E-state index contributed by atoms with van der Waals surface area (Å²) in [6.45, 7) is 11.4. The Morgan fingerprint density at radius 1 is 1.15 bits per heavy atom. The first-order valence-corrected chi connectivity index (χ1v) is 7.53. The number of rotatable bonds is 1. The van der Waals surface area contributed by atoms with Crippen molar-refractivity contribution in [2.75, 3.05) is 24.9 Å². The van der Waals surface area contributed by atoms with E-state index in [2.05, 4.69) is 57.0 Å². The van der Waals surface area contributed by atoms with Crippen molar-refractivity contribution in [2.45, 2.75) is 45.1 Å². The highest BCUT2D eigenvalue weighted by Gasteiger charge is 2.48. The van der Waals surface area contributed by atoms with Crippen LogP contribution in [0.1, 0.15) is 39.7 Å². The number of hydroxylamine groups is 1. The average molecular weight is 275 g/mol. The molecule has 2 heterocycles. The third kappa shape index (κ3) is 2.23. The summed E-state index contributed by atoms with van der Waals surface area (Å²) in [7, 11) is 0. The molecule has 3 nitrogen and oxygen atoms in total. The minimum Gasteiger partial charge on any atom is -0.381 e. The molecule has 110 valence electrons. The summed E-state index contributed by atoms with van der Waals surface area (Å²) in [6.07, 6.45) is 1.03. The quantitative estimate of drug-likeness (QED) is 0.782. The average Bonchev–Trinajstić information content (AvgIpc) is 2.75. The Hall–Kier alpha value is -1.06. The van der Waals surface area contributed by atoms with E-state index in [0.29, 0.717) is 5.92 Å².